The number of halogens is 1. The molecule has 0 bridgehead atoms. The summed E-state index contributed by atoms with van der Waals surface area (Å²) in [5, 5.41) is 18.7. The molecule has 5 heteroatoms. The number of hydrogen-bond donors (Lipinski definition) is 2. The maximum atomic E-state index is 13.9. The standard InChI is InChI=1S/C11H10FNO3/c1-16-9-3-2-7-10(11(9)12)6(5-14)8(15)4-13-7/h2-4,14-15H,5H2,1H3. The number of aliphatic hydroxyl groups is 1. The Bertz CT molecular complexity index is 542. The highest BCUT2D eigenvalue weighted by Gasteiger charge is 2.15. The molecule has 0 unspecified atom stereocenters. The predicted molar refractivity (Wildman–Crippen MR) is 55.8 cm³/mol. The first-order chi connectivity index (χ1) is 7.69. The van der Waals surface area contributed by atoms with E-state index in [1.165, 1.54) is 19.4 Å². The fourth-order valence-corrected chi connectivity index (χ4v) is 1.60. The van der Waals surface area contributed by atoms with Crippen LogP contribution in [0.2, 0.25) is 0 Å². The van der Waals surface area contributed by atoms with E-state index in [4.69, 9.17) is 9.84 Å². The van der Waals surface area contributed by atoms with E-state index in [0.29, 0.717) is 5.52 Å². The predicted octanol–water partition coefficient (Wildman–Crippen LogP) is 1.58. The molecule has 0 atom stereocenters. The van der Waals surface area contributed by atoms with Crippen LogP contribution in [0, 0.1) is 5.82 Å². The van der Waals surface area contributed by atoms with Gasteiger partial charge in [0.25, 0.3) is 0 Å². The van der Waals surface area contributed by atoms with Crippen molar-refractivity contribution in [1.82, 2.24) is 4.98 Å². The van der Waals surface area contributed by atoms with Crippen LogP contribution in [0.25, 0.3) is 10.9 Å². The van der Waals surface area contributed by atoms with Gasteiger partial charge in [0.15, 0.2) is 11.6 Å². The minimum absolute atomic E-state index is 0.0506. The lowest BCUT2D eigenvalue weighted by atomic mass is 10.1. The van der Waals surface area contributed by atoms with Gasteiger partial charge in [-0.05, 0) is 12.1 Å². The number of aliphatic hydroxyl groups excluding tert-OH is 1. The van der Waals surface area contributed by atoms with E-state index in [1.807, 2.05) is 0 Å². The molecule has 2 N–H and O–H groups in total. The van der Waals surface area contributed by atoms with Crippen LogP contribution in [-0.4, -0.2) is 22.3 Å². The third-order valence-corrected chi connectivity index (χ3v) is 2.40. The molecule has 2 rings (SSSR count). The fraction of sp³-hybridized carbons (Fsp3) is 0.182. The zero-order valence-electron chi connectivity index (χ0n) is 8.57. The second kappa shape index (κ2) is 3.94. The Morgan fingerprint density at radius 3 is 2.81 bits per heavy atom. The topological polar surface area (TPSA) is 62.6 Å². The van der Waals surface area contributed by atoms with Crippen molar-refractivity contribution in [2.45, 2.75) is 6.61 Å². The van der Waals surface area contributed by atoms with Gasteiger partial charge in [0, 0.05) is 10.9 Å². The number of ether oxygens (including phenoxy) is 1. The third kappa shape index (κ3) is 1.45. The minimum Gasteiger partial charge on any atom is -0.506 e. The van der Waals surface area contributed by atoms with Crippen LogP contribution in [0.5, 0.6) is 11.5 Å². The third-order valence-electron chi connectivity index (χ3n) is 2.40. The fourth-order valence-electron chi connectivity index (χ4n) is 1.60. The molecule has 0 saturated heterocycles. The lowest BCUT2D eigenvalue weighted by Gasteiger charge is -2.09. The van der Waals surface area contributed by atoms with E-state index >= 15 is 0 Å². The lowest BCUT2D eigenvalue weighted by molar-refractivity contribution is 0.276. The van der Waals surface area contributed by atoms with Crippen LogP contribution in [-0.2, 0) is 6.61 Å². The molecule has 1 aromatic carbocycles. The monoisotopic (exact) mass is 223 g/mol. The number of methoxy groups -OCH3 is 1. The Balaban J connectivity index is 2.88. The summed E-state index contributed by atoms with van der Waals surface area (Å²) in [4.78, 5) is 3.87. The maximum absolute atomic E-state index is 13.9. The number of fused-ring (bicyclic) bond motifs is 1. The van der Waals surface area contributed by atoms with Crippen LogP contribution in [0.1, 0.15) is 5.56 Å². The first kappa shape index (κ1) is 10.6. The van der Waals surface area contributed by atoms with Gasteiger partial charge in [-0.1, -0.05) is 0 Å². The molecule has 0 fully saturated rings. The quantitative estimate of drug-likeness (QED) is 0.811. The summed E-state index contributed by atoms with van der Waals surface area (Å²) in [6, 6.07) is 3.01. The highest BCUT2D eigenvalue weighted by atomic mass is 19.1. The Morgan fingerprint density at radius 2 is 2.19 bits per heavy atom. The van der Waals surface area contributed by atoms with Crippen LogP contribution in [0.4, 0.5) is 4.39 Å². The van der Waals surface area contributed by atoms with Crippen LogP contribution < -0.4 is 4.74 Å². The molecule has 4 nitrogen and oxygen atoms in total. The summed E-state index contributed by atoms with van der Waals surface area (Å²) in [5.41, 5.74) is 0.474. The van der Waals surface area contributed by atoms with E-state index in [0.717, 1.165) is 0 Å². The summed E-state index contributed by atoms with van der Waals surface area (Å²) in [7, 11) is 1.35. The number of benzene rings is 1. The number of nitrogens with zero attached hydrogens (tertiary/aromatic N) is 1. The Kier molecular flexibility index (Phi) is 2.62. The van der Waals surface area contributed by atoms with Gasteiger partial charge in [-0.3, -0.25) is 4.98 Å². The van der Waals surface area contributed by atoms with Crippen molar-refractivity contribution in [3.05, 3.63) is 29.7 Å². The molecule has 16 heavy (non-hydrogen) atoms. The van der Waals surface area contributed by atoms with E-state index in [9.17, 15) is 9.50 Å². The highest BCUT2D eigenvalue weighted by Crippen LogP contribution is 2.31. The Labute approximate surface area is 90.9 Å². The van der Waals surface area contributed by atoms with Crippen molar-refractivity contribution in [1.29, 1.82) is 0 Å². The Morgan fingerprint density at radius 1 is 1.44 bits per heavy atom. The van der Waals surface area contributed by atoms with E-state index in [-0.39, 0.29) is 22.4 Å². The van der Waals surface area contributed by atoms with E-state index in [1.54, 1.807) is 6.07 Å². The summed E-state index contributed by atoms with van der Waals surface area (Å²) in [6.45, 7) is -0.463. The van der Waals surface area contributed by atoms with Crippen molar-refractivity contribution in [3.8, 4) is 11.5 Å². The van der Waals surface area contributed by atoms with Crippen molar-refractivity contribution in [2.75, 3.05) is 7.11 Å². The molecule has 1 aromatic heterocycles. The molecule has 0 spiro atoms. The molecular formula is C11H10FNO3. The second-order valence-corrected chi connectivity index (χ2v) is 3.26. The zero-order chi connectivity index (χ0) is 11.7. The average Bonchev–Trinajstić information content (AvgIpc) is 2.30. The summed E-state index contributed by atoms with van der Waals surface area (Å²) in [5.74, 6) is -0.816. The average molecular weight is 223 g/mol. The maximum Gasteiger partial charge on any atom is 0.174 e. The second-order valence-electron chi connectivity index (χ2n) is 3.26. The summed E-state index contributed by atoms with van der Waals surface area (Å²) in [6.07, 6.45) is 1.18. The van der Waals surface area contributed by atoms with Crippen molar-refractivity contribution in [2.24, 2.45) is 0 Å². The van der Waals surface area contributed by atoms with Gasteiger partial charge in [-0.2, -0.15) is 0 Å². The van der Waals surface area contributed by atoms with Crippen molar-refractivity contribution in [3.63, 3.8) is 0 Å². The molecule has 0 aliphatic rings. The first-order valence-electron chi connectivity index (χ1n) is 4.63. The van der Waals surface area contributed by atoms with E-state index < -0.39 is 12.4 Å². The van der Waals surface area contributed by atoms with Crippen LogP contribution >= 0.6 is 0 Å². The Hall–Kier alpha value is -1.88. The normalized spacial score (nSPS) is 10.7. The number of rotatable bonds is 2. The van der Waals surface area contributed by atoms with Gasteiger partial charge >= 0.3 is 0 Å². The smallest absolute Gasteiger partial charge is 0.174 e. The number of aromatic nitrogens is 1. The van der Waals surface area contributed by atoms with Gasteiger partial charge in [0.2, 0.25) is 0 Å². The lowest BCUT2D eigenvalue weighted by Crippen LogP contribution is -1.95. The van der Waals surface area contributed by atoms with Gasteiger partial charge in [0.1, 0.15) is 5.75 Å². The van der Waals surface area contributed by atoms with Crippen molar-refractivity contribution >= 4 is 10.9 Å². The van der Waals surface area contributed by atoms with E-state index in [2.05, 4.69) is 4.98 Å². The minimum atomic E-state index is -0.632. The molecule has 0 aliphatic heterocycles. The van der Waals surface area contributed by atoms with Crippen LogP contribution in [0.15, 0.2) is 18.3 Å². The van der Waals surface area contributed by atoms with Gasteiger partial charge < -0.3 is 14.9 Å². The SMILES string of the molecule is COc1ccc2ncc(O)c(CO)c2c1F. The summed E-state index contributed by atoms with van der Waals surface area (Å²) < 4.78 is 18.7. The summed E-state index contributed by atoms with van der Waals surface area (Å²) >= 11 is 0. The molecule has 2 aromatic rings. The largest absolute Gasteiger partial charge is 0.506 e. The number of pyridine rings is 1. The van der Waals surface area contributed by atoms with Gasteiger partial charge in [-0.15, -0.1) is 0 Å². The molecule has 0 aliphatic carbocycles. The molecule has 0 saturated carbocycles. The first-order valence-corrected chi connectivity index (χ1v) is 4.63. The zero-order valence-corrected chi connectivity index (χ0v) is 8.57. The molecule has 0 amide bonds. The van der Waals surface area contributed by atoms with Gasteiger partial charge in [-0.25, -0.2) is 4.39 Å². The van der Waals surface area contributed by atoms with Gasteiger partial charge in [0.05, 0.1) is 25.4 Å². The molecule has 84 valence electrons. The highest BCUT2D eigenvalue weighted by molar-refractivity contribution is 5.86. The number of aromatic hydroxyl groups is 1. The van der Waals surface area contributed by atoms with Crippen molar-refractivity contribution < 1.29 is 19.3 Å². The molecular weight excluding hydrogens is 213 g/mol. The molecule has 0 radical (unpaired) electrons. The van der Waals surface area contributed by atoms with Crippen LogP contribution in [0.3, 0.4) is 0 Å². The molecule has 1 heterocycles. The number of hydrogen-bond acceptors (Lipinski definition) is 4.